The summed E-state index contributed by atoms with van der Waals surface area (Å²) in [7, 11) is 1.75. The predicted octanol–water partition coefficient (Wildman–Crippen LogP) is 2.61. The number of carbonyl (C=O) groups is 1. The number of hydrogen-bond acceptors (Lipinski definition) is 3. The Labute approximate surface area is 152 Å². The summed E-state index contributed by atoms with van der Waals surface area (Å²) in [5, 5.41) is 4.34. The fourth-order valence-electron chi connectivity index (χ4n) is 2.64. The lowest BCUT2D eigenvalue weighted by Gasteiger charge is -2.17. The van der Waals surface area contributed by atoms with Gasteiger partial charge in [0.15, 0.2) is 0 Å². The third-order valence-corrected chi connectivity index (χ3v) is 4.23. The molecule has 0 spiro atoms. The molecule has 3 rings (SSSR count). The first-order valence-electron chi connectivity index (χ1n) is 8.55. The van der Waals surface area contributed by atoms with Crippen molar-refractivity contribution in [3.05, 3.63) is 88.7 Å². The molecule has 0 aliphatic rings. The maximum absolute atomic E-state index is 12.5. The van der Waals surface area contributed by atoms with Crippen LogP contribution in [0.5, 0.6) is 0 Å². The predicted molar refractivity (Wildman–Crippen MR) is 102 cm³/mol. The van der Waals surface area contributed by atoms with E-state index in [9.17, 15) is 9.59 Å². The van der Waals surface area contributed by atoms with Crippen molar-refractivity contribution >= 4 is 5.91 Å². The molecular formula is C21H21N3O2. The SMILES string of the molecule is CN(CCc1ccccc1)C(=O)Cn1nc(-c2ccccc2)ccc1=O. The first-order valence-corrected chi connectivity index (χ1v) is 8.55. The molecule has 0 aliphatic heterocycles. The van der Waals surface area contributed by atoms with Gasteiger partial charge in [-0.2, -0.15) is 5.10 Å². The largest absolute Gasteiger partial charge is 0.344 e. The first-order chi connectivity index (χ1) is 12.6. The summed E-state index contributed by atoms with van der Waals surface area (Å²) in [4.78, 5) is 26.2. The summed E-state index contributed by atoms with van der Waals surface area (Å²) in [6, 6.07) is 22.7. The molecule has 1 heterocycles. The molecule has 26 heavy (non-hydrogen) atoms. The van der Waals surface area contributed by atoms with Gasteiger partial charge in [-0.05, 0) is 18.1 Å². The van der Waals surface area contributed by atoms with Gasteiger partial charge in [0, 0.05) is 25.2 Å². The highest BCUT2D eigenvalue weighted by Crippen LogP contribution is 2.14. The molecule has 0 atom stereocenters. The zero-order valence-corrected chi connectivity index (χ0v) is 14.7. The van der Waals surface area contributed by atoms with Crippen molar-refractivity contribution in [1.82, 2.24) is 14.7 Å². The zero-order valence-electron chi connectivity index (χ0n) is 14.7. The van der Waals surface area contributed by atoms with Gasteiger partial charge in [0.25, 0.3) is 5.56 Å². The number of carbonyl (C=O) groups excluding carboxylic acids is 1. The van der Waals surface area contributed by atoms with E-state index in [1.54, 1.807) is 18.0 Å². The van der Waals surface area contributed by atoms with E-state index in [1.807, 2.05) is 60.7 Å². The van der Waals surface area contributed by atoms with Crippen molar-refractivity contribution in [2.45, 2.75) is 13.0 Å². The van der Waals surface area contributed by atoms with E-state index in [0.717, 1.165) is 12.0 Å². The molecule has 0 unspecified atom stereocenters. The van der Waals surface area contributed by atoms with E-state index >= 15 is 0 Å². The van der Waals surface area contributed by atoms with Crippen molar-refractivity contribution in [1.29, 1.82) is 0 Å². The van der Waals surface area contributed by atoms with E-state index in [0.29, 0.717) is 12.2 Å². The highest BCUT2D eigenvalue weighted by Gasteiger charge is 2.12. The third kappa shape index (κ3) is 4.45. The van der Waals surface area contributed by atoms with E-state index in [4.69, 9.17) is 0 Å². The van der Waals surface area contributed by atoms with E-state index in [-0.39, 0.29) is 18.0 Å². The molecule has 132 valence electrons. The van der Waals surface area contributed by atoms with Crippen LogP contribution in [0.2, 0.25) is 0 Å². The van der Waals surface area contributed by atoms with Gasteiger partial charge >= 0.3 is 0 Å². The van der Waals surface area contributed by atoms with E-state index in [2.05, 4.69) is 5.10 Å². The second kappa shape index (κ2) is 8.25. The minimum atomic E-state index is -0.283. The monoisotopic (exact) mass is 347 g/mol. The summed E-state index contributed by atoms with van der Waals surface area (Å²) in [6.07, 6.45) is 0.773. The number of benzene rings is 2. The summed E-state index contributed by atoms with van der Waals surface area (Å²) < 4.78 is 1.23. The Balaban J connectivity index is 1.67. The fraction of sp³-hybridized carbons (Fsp3) is 0.190. The van der Waals surface area contributed by atoms with Crippen LogP contribution in [-0.2, 0) is 17.8 Å². The topological polar surface area (TPSA) is 55.2 Å². The zero-order chi connectivity index (χ0) is 18.4. The fourth-order valence-corrected chi connectivity index (χ4v) is 2.64. The second-order valence-corrected chi connectivity index (χ2v) is 6.13. The number of amides is 1. The second-order valence-electron chi connectivity index (χ2n) is 6.13. The van der Waals surface area contributed by atoms with Crippen LogP contribution in [0.4, 0.5) is 0 Å². The molecule has 0 N–H and O–H groups in total. The summed E-state index contributed by atoms with van der Waals surface area (Å²) in [5.41, 5.74) is 2.47. The lowest BCUT2D eigenvalue weighted by Crippen LogP contribution is -2.36. The minimum absolute atomic E-state index is 0.0647. The minimum Gasteiger partial charge on any atom is -0.344 e. The van der Waals surface area contributed by atoms with Gasteiger partial charge in [-0.25, -0.2) is 4.68 Å². The molecule has 0 radical (unpaired) electrons. The van der Waals surface area contributed by atoms with Crippen LogP contribution >= 0.6 is 0 Å². The van der Waals surface area contributed by atoms with E-state index < -0.39 is 0 Å². The Morgan fingerprint density at radius 2 is 1.62 bits per heavy atom. The van der Waals surface area contributed by atoms with Crippen molar-refractivity contribution < 1.29 is 4.79 Å². The third-order valence-electron chi connectivity index (χ3n) is 4.23. The number of rotatable bonds is 6. The highest BCUT2D eigenvalue weighted by molar-refractivity contribution is 5.75. The van der Waals surface area contributed by atoms with Crippen molar-refractivity contribution in [3.63, 3.8) is 0 Å². The van der Waals surface area contributed by atoms with Crippen LogP contribution in [0.3, 0.4) is 0 Å². The smallest absolute Gasteiger partial charge is 0.267 e. The molecule has 1 aromatic heterocycles. The quantitative estimate of drug-likeness (QED) is 0.689. The van der Waals surface area contributed by atoms with Crippen molar-refractivity contribution in [3.8, 4) is 11.3 Å². The van der Waals surface area contributed by atoms with Gasteiger partial charge in [-0.15, -0.1) is 0 Å². The van der Waals surface area contributed by atoms with Crippen LogP contribution in [-0.4, -0.2) is 34.2 Å². The number of likely N-dealkylation sites (N-methyl/N-ethyl adjacent to an activating group) is 1. The molecule has 2 aromatic carbocycles. The van der Waals surface area contributed by atoms with Gasteiger partial charge in [0.2, 0.25) is 5.91 Å². The number of aromatic nitrogens is 2. The number of nitrogens with zero attached hydrogens (tertiary/aromatic N) is 3. The van der Waals surface area contributed by atoms with Gasteiger partial charge in [0.05, 0.1) is 5.69 Å². The molecule has 0 saturated heterocycles. The van der Waals surface area contributed by atoms with Gasteiger partial charge in [0.1, 0.15) is 6.54 Å². The lowest BCUT2D eigenvalue weighted by atomic mass is 10.1. The molecule has 0 bridgehead atoms. The molecule has 0 saturated carbocycles. The summed E-state index contributed by atoms with van der Waals surface area (Å²) >= 11 is 0. The molecule has 5 heteroatoms. The van der Waals surface area contributed by atoms with Crippen molar-refractivity contribution in [2.24, 2.45) is 0 Å². The maximum atomic E-state index is 12.5. The van der Waals surface area contributed by atoms with Gasteiger partial charge in [-0.3, -0.25) is 9.59 Å². The average molecular weight is 347 g/mol. The molecule has 5 nitrogen and oxygen atoms in total. The normalized spacial score (nSPS) is 10.5. The van der Waals surface area contributed by atoms with Crippen LogP contribution in [0.1, 0.15) is 5.56 Å². The first kappa shape index (κ1) is 17.6. The average Bonchev–Trinajstić information content (AvgIpc) is 2.69. The molecule has 3 aromatic rings. The summed E-state index contributed by atoms with van der Waals surface area (Å²) in [5.74, 6) is -0.138. The highest BCUT2D eigenvalue weighted by atomic mass is 16.2. The van der Waals surface area contributed by atoms with E-state index in [1.165, 1.54) is 16.3 Å². The Bertz CT molecular complexity index is 921. The van der Waals surface area contributed by atoms with Crippen LogP contribution in [0.15, 0.2) is 77.6 Å². The standard InChI is InChI=1S/C21H21N3O2/c1-23(15-14-17-8-4-2-5-9-17)21(26)16-24-20(25)13-12-19(22-24)18-10-6-3-7-11-18/h2-13H,14-16H2,1H3. The molecule has 0 aliphatic carbocycles. The van der Waals surface area contributed by atoms with Crippen molar-refractivity contribution in [2.75, 3.05) is 13.6 Å². The molecule has 1 amide bonds. The Kier molecular flexibility index (Phi) is 5.59. The van der Waals surface area contributed by atoms with Gasteiger partial charge in [-0.1, -0.05) is 60.7 Å². The maximum Gasteiger partial charge on any atom is 0.267 e. The number of hydrogen-bond donors (Lipinski definition) is 0. The lowest BCUT2D eigenvalue weighted by molar-refractivity contribution is -0.130. The van der Waals surface area contributed by atoms with Gasteiger partial charge < -0.3 is 4.90 Å². The summed E-state index contributed by atoms with van der Waals surface area (Å²) in [6.45, 7) is 0.529. The molecular weight excluding hydrogens is 326 g/mol. The molecule has 0 fully saturated rings. The van der Waals surface area contributed by atoms with Crippen LogP contribution < -0.4 is 5.56 Å². The Morgan fingerprint density at radius 3 is 2.31 bits per heavy atom. The Hall–Kier alpha value is -3.21. The van der Waals surface area contributed by atoms with Crippen LogP contribution in [0.25, 0.3) is 11.3 Å². The van der Waals surface area contributed by atoms with Crippen LogP contribution in [0, 0.1) is 0 Å². The Morgan fingerprint density at radius 1 is 0.962 bits per heavy atom.